The fourth-order valence-corrected chi connectivity index (χ4v) is 3.75. The molecule has 0 radical (unpaired) electrons. The fourth-order valence-electron chi connectivity index (χ4n) is 3.75. The minimum Gasteiger partial charge on any atom is -0.495 e. The van der Waals surface area contributed by atoms with Crippen LogP contribution in [-0.4, -0.2) is 38.7 Å². The summed E-state index contributed by atoms with van der Waals surface area (Å²) in [7, 11) is 1.55. The Morgan fingerprint density at radius 1 is 1.18 bits per heavy atom. The summed E-state index contributed by atoms with van der Waals surface area (Å²) < 4.78 is 5.40. The molecule has 148 valence electrons. The molecule has 2 aliphatic rings. The van der Waals surface area contributed by atoms with Crippen molar-refractivity contribution < 1.29 is 14.3 Å². The standard InChI is InChI=1S/C20H22N4O3.ClH/c1-27-18-8-7-13(12-17(18)24-11-9-22-20(24)26)19(25)23-10-3-4-14-15(21)5-2-6-16(14)23;/h2,5-8,12H,3-4,9-11,21H2,1H3,(H,22,26);1H. The number of carbonyl (C=O) groups is 2. The number of nitrogens with one attached hydrogen (secondary N) is 1. The van der Waals surface area contributed by atoms with Crippen molar-refractivity contribution >= 4 is 41.4 Å². The van der Waals surface area contributed by atoms with Gasteiger partial charge in [-0.05, 0) is 48.7 Å². The minimum absolute atomic E-state index is 0. The van der Waals surface area contributed by atoms with Gasteiger partial charge in [0.25, 0.3) is 5.91 Å². The number of carbonyl (C=O) groups excluding carboxylic acids is 2. The number of hydrogen-bond acceptors (Lipinski definition) is 4. The summed E-state index contributed by atoms with van der Waals surface area (Å²) >= 11 is 0. The number of anilines is 3. The molecule has 0 aliphatic carbocycles. The second-order valence-corrected chi connectivity index (χ2v) is 6.68. The number of methoxy groups -OCH3 is 1. The molecule has 1 saturated heterocycles. The lowest BCUT2D eigenvalue weighted by Crippen LogP contribution is -2.36. The zero-order valence-electron chi connectivity index (χ0n) is 15.6. The molecule has 2 aliphatic heterocycles. The van der Waals surface area contributed by atoms with Gasteiger partial charge in [-0.1, -0.05) is 6.07 Å². The summed E-state index contributed by atoms with van der Waals surface area (Å²) in [6.45, 7) is 1.75. The molecule has 2 heterocycles. The number of fused-ring (bicyclic) bond motifs is 1. The molecule has 3 N–H and O–H groups in total. The summed E-state index contributed by atoms with van der Waals surface area (Å²) in [5, 5.41) is 2.77. The molecule has 0 unspecified atom stereocenters. The number of urea groups is 1. The fraction of sp³-hybridized carbons (Fsp3) is 0.300. The smallest absolute Gasteiger partial charge is 0.322 e. The number of rotatable bonds is 3. The molecule has 0 spiro atoms. The summed E-state index contributed by atoms with van der Waals surface area (Å²) in [4.78, 5) is 28.7. The van der Waals surface area contributed by atoms with E-state index in [4.69, 9.17) is 10.5 Å². The van der Waals surface area contributed by atoms with Gasteiger partial charge in [-0.3, -0.25) is 9.69 Å². The van der Waals surface area contributed by atoms with Crippen molar-refractivity contribution in [1.82, 2.24) is 5.32 Å². The zero-order chi connectivity index (χ0) is 19.0. The predicted molar refractivity (Wildman–Crippen MR) is 112 cm³/mol. The van der Waals surface area contributed by atoms with Gasteiger partial charge in [-0.25, -0.2) is 4.79 Å². The first-order valence-electron chi connectivity index (χ1n) is 9.03. The zero-order valence-corrected chi connectivity index (χ0v) is 16.4. The maximum Gasteiger partial charge on any atom is 0.322 e. The molecule has 0 saturated carbocycles. The van der Waals surface area contributed by atoms with E-state index in [-0.39, 0.29) is 24.3 Å². The molecular weight excluding hydrogens is 380 g/mol. The second kappa shape index (κ2) is 7.98. The van der Waals surface area contributed by atoms with E-state index < -0.39 is 0 Å². The van der Waals surface area contributed by atoms with Gasteiger partial charge in [0, 0.05) is 36.6 Å². The SMILES string of the molecule is COc1ccc(C(=O)N2CCCc3c(N)cccc32)cc1N1CCNC1=O.Cl. The van der Waals surface area contributed by atoms with Crippen molar-refractivity contribution in [2.24, 2.45) is 0 Å². The highest BCUT2D eigenvalue weighted by molar-refractivity contribution is 6.08. The van der Waals surface area contributed by atoms with Crippen molar-refractivity contribution in [1.29, 1.82) is 0 Å². The lowest BCUT2D eigenvalue weighted by atomic mass is 9.99. The molecule has 7 nitrogen and oxygen atoms in total. The van der Waals surface area contributed by atoms with Crippen molar-refractivity contribution in [3.8, 4) is 5.75 Å². The highest BCUT2D eigenvalue weighted by Crippen LogP contribution is 2.34. The molecule has 4 rings (SSSR count). The van der Waals surface area contributed by atoms with E-state index in [1.807, 2.05) is 18.2 Å². The van der Waals surface area contributed by atoms with Crippen LogP contribution in [0.5, 0.6) is 5.75 Å². The number of nitrogen functional groups attached to an aromatic ring is 1. The average molecular weight is 403 g/mol. The summed E-state index contributed by atoms with van der Waals surface area (Å²) in [6.07, 6.45) is 1.73. The summed E-state index contributed by atoms with van der Waals surface area (Å²) in [5.41, 5.74) is 9.81. The molecule has 8 heteroatoms. The molecule has 2 aromatic carbocycles. The Hall–Kier alpha value is -2.93. The normalized spacial score (nSPS) is 15.5. The first-order chi connectivity index (χ1) is 13.1. The Morgan fingerprint density at radius 3 is 2.71 bits per heavy atom. The van der Waals surface area contributed by atoms with E-state index in [9.17, 15) is 9.59 Å². The number of nitrogens with two attached hydrogens (primary N) is 1. The van der Waals surface area contributed by atoms with Gasteiger partial charge < -0.3 is 20.7 Å². The van der Waals surface area contributed by atoms with Gasteiger partial charge in [0.1, 0.15) is 5.75 Å². The molecule has 0 bridgehead atoms. The van der Waals surface area contributed by atoms with Crippen LogP contribution < -0.4 is 25.6 Å². The van der Waals surface area contributed by atoms with Crippen molar-refractivity contribution in [3.63, 3.8) is 0 Å². The van der Waals surface area contributed by atoms with Crippen LogP contribution in [0.3, 0.4) is 0 Å². The highest BCUT2D eigenvalue weighted by atomic mass is 35.5. The van der Waals surface area contributed by atoms with E-state index >= 15 is 0 Å². The maximum atomic E-state index is 13.2. The molecule has 28 heavy (non-hydrogen) atoms. The van der Waals surface area contributed by atoms with Crippen LogP contribution in [0.2, 0.25) is 0 Å². The summed E-state index contributed by atoms with van der Waals surface area (Å²) in [5.74, 6) is 0.456. The Balaban J connectivity index is 0.00000225. The van der Waals surface area contributed by atoms with Crippen LogP contribution in [0.25, 0.3) is 0 Å². The largest absolute Gasteiger partial charge is 0.495 e. The van der Waals surface area contributed by atoms with Gasteiger partial charge in [0.15, 0.2) is 0 Å². The van der Waals surface area contributed by atoms with Gasteiger partial charge >= 0.3 is 6.03 Å². The lowest BCUT2D eigenvalue weighted by Gasteiger charge is -2.30. The number of benzene rings is 2. The van der Waals surface area contributed by atoms with Crippen molar-refractivity contribution in [3.05, 3.63) is 47.5 Å². The second-order valence-electron chi connectivity index (χ2n) is 6.68. The Labute approximate surface area is 169 Å². The van der Waals surface area contributed by atoms with E-state index in [1.54, 1.807) is 35.1 Å². The first kappa shape index (κ1) is 19.8. The number of nitrogens with zero attached hydrogens (tertiary/aromatic N) is 2. The maximum absolute atomic E-state index is 13.2. The number of halogens is 1. The molecular formula is C20H23ClN4O3. The molecule has 3 amide bonds. The average Bonchev–Trinajstić information content (AvgIpc) is 3.12. The van der Waals surface area contributed by atoms with Crippen LogP contribution in [-0.2, 0) is 6.42 Å². The molecule has 0 atom stereocenters. The topological polar surface area (TPSA) is 87.9 Å². The van der Waals surface area contributed by atoms with Crippen LogP contribution in [0.4, 0.5) is 21.9 Å². The van der Waals surface area contributed by atoms with Crippen LogP contribution >= 0.6 is 12.4 Å². The number of amides is 3. The highest BCUT2D eigenvalue weighted by Gasteiger charge is 2.28. The lowest BCUT2D eigenvalue weighted by molar-refractivity contribution is 0.0985. The van der Waals surface area contributed by atoms with Gasteiger partial charge in [-0.2, -0.15) is 0 Å². The molecule has 0 aromatic heterocycles. The Morgan fingerprint density at radius 2 is 2.00 bits per heavy atom. The monoisotopic (exact) mass is 402 g/mol. The van der Waals surface area contributed by atoms with Crippen LogP contribution in [0, 0.1) is 0 Å². The first-order valence-corrected chi connectivity index (χ1v) is 9.03. The van der Waals surface area contributed by atoms with Gasteiger partial charge in [0.2, 0.25) is 0 Å². The Kier molecular flexibility index (Phi) is 5.65. The Bertz CT molecular complexity index is 918. The van der Waals surface area contributed by atoms with Gasteiger partial charge in [-0.15, -0.1) is 12.4 Å². The van der Waals surface area contributed by atoms with E-state index in [0.29, 0.717) is 42.3 Å². The van der Waals surface area contributed by atoms with Crippen molar-refractivity contribution in [2.75, 3.05) is 42.3 Å². The third-order valence-corrected chi connectivity index (χ3v) is 5.11. The molecule has 1 fully saturated rings. The summed E-state index contributed by atoms with van der Waals surface area (Å²) in [6, 6.07) is 10.7. The predicted octanol–water partition coefficient (Wildman–Crippen LogP) is 2.82. The van der Waals surface area contributed by atoms with Gasteiger partial charge in [0.05, 0.1) is 12.8 Å². The van der Waals surface area contributed by atoms with Crippen molar-refractivity contribution in [2.45, 2.75) is 12.8 Å². The quantitative estimate of drug-likeness (QED) is 0.773. The third-order valence-electron chi connectivity index (χ3n) is 5.11. The van der Waals surface area contributed by atoms with E-state index in [1.165, 1.54) is 0 Å². The van der Waals surface area contributed by atoms with E-state index in [2.05, 4.69) is 5.32 Å². The number of ether oxygens (including phenoxy) is 1. The van der Waals surface area contributed by atoms with Crippen LogP contribution in [0.1, 0.15) is 22.3 Å². The third kappa shape index (κ3) is 3.33. The number of hydrogen-bond donors (Lipinski definition) is 2. The van der Waals surface area contributed by atoms with Crippen LogP contribution in [0.15, 0.2) is 36.4 Å². The van der Waals surface area contributed by atoms with E-state index in [0.717, 1.165) is 24.1 Å². The molecule has 2 aromatic rings. The minimum atomic E-state index is -0.186.